The zero-order chi connectivity index (χ0) is 16.2. The van der Waals surface area contributed by atoms with Gasteiger partial charge in [-0.05, 0) is 25.9 Å². The molecule has 0 aliphatic carbocycles. The number of piperidine rings is 1. The number of likely N-dealkylation sites (tertiary alicyclic amines) is 1. The van der Waals surface area contributed by atoms with Gasteiger partial charge in [-0.2, -0.15) is 5.10 Å². The van der Waals surface area contributed by atoms with Crippen molar-refractivity contribution >= 4 is 5.91 Å². The lowest BCUT2D eigenvalue weighted by atomic mass is 9.96. The highest BCUT2D eigenvalue weighted by Crippen LogP contribution is 2.25. The van der Waals surface area contributed by atoms with E-state index >= 15 is 0 Å². The van der Waals surface area contributed by atoms with Gasteiger partial charge in [-0.3, -0.25) is 14.4 Å². The first-order chi connectivity index (χ1) is 11.1. The van der Waals surface area contributed by atoms with E-state index < -0.39 is 0 Å². The summed E-state index contributed by atoms with van der Waals surface area (Å²) in [6.07, 6.45) is 5.78. The number of hydrogen-bond acceptors (Lipinski definition) is 5. The molecule has 2 aliphatic heterocycles. The van der Waals surface area contributed by atoms with Crippen molar-refractivity contribution in [1.29, 1.82) is 0 Å². The van der Waals surface area contributed by atoms with Crippen molar-refractivity contribution in [3.05, 3.63) is 18.0 Å². The van der Waals surface area contributed by atoms with Gasteiger partial charge in [-0.15, -0.1) is 0 Å². The smallest absolute Gasteiger partial charge is 0.236 e. The van der Waals surface area contributed by atoms with Crippen LogP contribution in [0, 0.1) is 5.92 Å². The third kappa shape index (κ3) is 4.31. The van der Waals surface area contributed by atoms with Crippen molar-refractivity contribution in [3.63, 3.8) is 0 Å². The molecule has 3 heterocycles. The number of rotatable bonds is 5. The van der Waals surface area contributed by atoms with Gasteiger partial charge in [0.15, 0.2) is 6.29 Å². The fraction of sp³-hybridized carbons (Fsp3) is 0.750. The molecule has 3 rings (SSSR count). The van der Waals surface area contributed by atoms with Crippen LogP contribution in [0.15, 0.2) is 12.4 Å². The van der Waals surface area contributed by atoms with Crippen LogP contribution in [0.1, 0.15) is 18.4 Å². The van der Waals surface area contributed by atoms with Gasteiger partial charge in [-0.25, -0.2) is 0 Å². The first-order valence-electron chi connectivity index (χ1n) is 8.29. The fourth-order valence-electron chi connectivity index (χ4n) is 3.26. The van der Waals surface area contributed by atoms with Crippen molar-refractivity contribution in [2.45, 2.75) is 25.7 Å². The van der Waals surface area contributed by atoms with E-state index in [0.29, 0.717) is 32.2 Å². The Kier molecular flexibility index (Phi) is 5.30. The van der Waals surface area contributed by atoms with Crippen molar-refractivity contribution in [1.82, 2.24) is 19.6 Å². The molecule has 1 aromatic rings. The highest BCUT2D eigenvalue weighted by Gasteiger charge is 2.31. The summed E-state index contributed by atoms with van der Waals surface area (Å²) < 4.78 is 12.9. The van der Waals surface area contributed by atoms with E-state index in [1.165, 1.54) is 0 Å². The summed E-state index contributed by atoms with van der Waals surface area (Å²) in [6, 6.07) is 0. The number of likely N-dealkylation sites (N-methyl/N-ethyl adjacent to an activating group) is 1. The highest BCUT2D eigenvalue weighted by atomic mass is 16.7. The average Bonchev–Trinajstić information content (AvgIpc) is 3.20. The zero-order valence-electron chi connectivity index (χ0n) is 14.0. The van der Waals surface area contributed by atoms with E-state index in [1.807, 2.05) is 20.3 Å². The molecule has 0 atom stereocenters. The lowest BCUT2D eigenvalue weighted by Gasteiger charge is -2.34. The van der Waals surface area contributed by atoms with E-state index in [1.54, 1.807) is 15.8 Å². The van der Waals surface area contributed by atoms with Gasteiger partial charge < -0.3 is 14.4 Å². The molecule has 23 heavy (non-hydrogen) atoms. The van der Waals surface area contributed by atoms with E-state index in [9.17, 15) is 4.79 Å². The molecule has 2 saturated heterocycles. The maximum atomic E-state index is 12.4. The van der Waals surface area contributed by atoms with E-state index in [0.717, 1.165) is 31.5 Å². The topological polar surface area (TPSA) is 59.8 Å². The highest BCUT2D eigenvalue weighted by molar-refractivity contribution is 5.78. The molecule has 0 saturated carbocycles. The van der Waals surface area contributed by atoms with E-state index in [-0.39, 0.29) is 12.2 Å². The SMILES string of the molecule is CN(Cc1cnn(C)c1)C(=O)CN1CCC(C2OCCO2)CC1. The Morgan fingerprint density at radius 1 is 1.35 bits per heavy atom. The molecular weight excluding hydrogens is 296 g/mol. The first kappa shape index (κ1) is 16.4. The maximum Gasteiger partial charge on any atom is 0.236 e. The van der Waals surface area contributed by atoms with Gasteiger partial charge in [0.1, 0.15) is 0 Å². The second-order valence-corrected chi connectivity index (χ2v) is 6.50. The minimum atomic E-state index is -0.0268. The lowest BCUT2D eigenvalue weighted by molar-refractivity contribution is -0.133. The number of aryl methyl sites for hydroxylation is 1. The van der Waals surface area contributed by atoms with E-state index in [2.05, 4.69) is 10.00 Å². The quantitative estimate of drug-likeness (QED) is 0.788. The summed E-state index contributed by atoms with van der Waals surface area (Å²) in [5.74, 6) is 0.623. The van der Waals surface area contributed by atoms with Crippen LogP contribution in [0.4, 0.5) is 0 Å². The van der Waals surface area contributed by atoms with Crippen molar-refractivity contribution in [3.8, 4) is 0 Å². The summed E-state index contributed by atoms with van der Waals surface area (Å²) >= 11 is 0. The summed E-state index contributed by atoms with van der Waals surface area (Å²) in [5.41, 5.74) is 1.05. The molecule has 0 aromatic carbocycles. The Balaban J connectivity index is 1.41. The standard InChI is InChI=1S/C16H26N4O3/c1-18(10-13-9-17-19(2)11-13)15(21)12-20-5-3-14(4-6-20)16-22-7-8-23-16/h9,11,14,16H,3-8,10,12H2,1-2H3. The van der Waals surface area contributed by atoms with Crippen LogP contribution < -0.4 is 0 Å². The third-order valence-electron chi connectivity index (χ3n) is 4.63. The van der Waals surface area contributed by atoms with Gasteiger partial charge in [0.05, 0.1) is 26.0 Å². The van der Waals surface area contributed by atoms with Crippen molar-refractivity contribution in [2.24, 2.45) is 13.0 Å². The lowest BCUT2D eigenvalue weighted by Crippen LogP contribution is -2.43. The van der Waals surface area contributed by atoms with Crippen LogP contribution in [0.3, 0.4) is 0 Å². The number of ether oxygens (including phenoxy) is 2. The molecule has 7 heteroatoms. The van der Waals surface area contributed by atoms with E-state index in [4.69, 9.17) is 9.47 Å². The molecule has 0 bridgehead atoms. The van der Waals surface area contributed by atoms with Crippen molar-refractivity contribution < 1.29 is 14.3 Å². The summed E-state index contributed by atoms with van der Waals surface area (Å²) in [7, 11) is 3.73. The molecule has 128 valence electrons. The molecule has 2 fully saturated rings. The Labute approximate surface area is 137 Å². The van der Waals surface area contributed by atoms with Crippen LogP contribution in [-0.2, 0) is 27.9 Å². The number of hydrogen-bond donors (Lipinski definition) is 0. The Bertz CT molecular complexity index is 519. The second-order valence-electron chi connectivity index (χ2n) is 6.50. The van der Waals surface area contributed by atoms with Gasteiger partial charge in [0, 0.05) is 38.3 Å². The van der Waals surface area contributed by atoms with Crippen LogP contribution in [0.2, 0.25) is 0 Å². The van der Waals surface area contributed by atoms with Gasteiger partial charge in [-0.1, -0.05) is 0 Å². The van der Waals surface area contributed by atoms with Crippen LogP contribution in [-0.4, -0.2) is 71.7 Å². The molecule has 0 N–H and O–H groups in total. The van der Waals surface area contributed by atoms with Gasteiger partial charge >= 0.3 is 0 Å². The number of amides is 1. The summed E-state index contributed by atoms with van der Waals surface area (Å²) in [5, 5.41) is 4.14. The number of nitrogens with zero attached hydrogens (tertiary/aromatic N) is 4. The summed E-state index contributed by atoms with van der Waals surface area (Å²) in [4.78, 5) is 16.4. The Morgan fingerprint density at radius 3 is 2.65 bits per heavy atom. The average molecular weight is 322 g/mol. The monoisotopic (exact) mass is 322 g/mol. The van der Waals surface area contributed by atoms with Crippen LogP contribution >= 0.6 is 0 Å². The van der Waals surface area contributed by atoms with Gasteiger partial charge in [0.2, 0.25) is 5.91 Å². The van der Waals surface area contributed by atoms with Gasteiger partial charge in [0.25, 0.3) is 0 Å². The molecule has 2 aliphatic rings. The number of aromatic nitrogens is 2. The Hall–Kier alpha value is -1.44. The molecule has 0 radical (unpaired) electrons. The number of carbonyl (C=O) groups excluding carboxylic acids is 1. The molecule has 1 aromatic heterocycles. The maximum absolute atomic E-state index is 12.4. The second kappa shape index (κ2) is 7.42. The minimum Gasteiger partial charge on any atom is -0.350 e. The summed E-state index contributed by atoms with van der Waals surface area (Å²) in [6.45, 7) is 4.37. The zero-order valence-corrected chi connectivity index (χ0v) is 14.0. The molecule has 0 unspecified atom stereocenters. The van der Waals surface area contributed by atoms with Crippen molar-refractivity contribution in [2.75, 3.05) is 39.9 Å². The molecule has 0 spiro atoms. The normalized spacial score (nSPS) is 21.0. The molecule has 7 nitrogen and oxygen atoms in total. The fourth-order valence-corrected chi connectivity index (χ4v) is 3.26. The van der Waals surface area contributed by atoms with Crippen LogP contribution in [0.25, 0.3) is 0 Å². The van der Waals surface area contributed by atoms with Crippen LogP contribution in [0.5, 0.6) is 0 Å². The molecule has 1 amide bonds. The predicted molar refractivity (Wildman–Crippen MR) is 84.5 cm³/mol. The predicted octanol–water partition coefficient (Wildman–Crippen LogP) is 0.463. The largest absolute Gasteiger partial charge is 0.350 e. The third-order valence-corrected chi connectivity index (χ3v) is 4.63. The Morgan fingerprint density at radius 2 is 2.04 bits per heavy atom. The number of carbonyl (C=O) groups is 1. The molecular formula is C16H26N4O3. The first-order valence-corrected chi connectivity index (χ1v) is 8.29. The minimum absolute atomic E-state index is 0.0268.